The number of amides is 1. The van der Waals surface area contributed by atoms with E-state index >= 15 is 0 Å². The summed E-state index contributed by atoms with van der Waals surface area (Å²) in [5.74, 6) is 0.355. The van der Waals surface area contributed by atoms with Crippen LogP contribution in [0.1, 0.15) is 38.5 Å². The fraction of sp³-hybridized carbons (Fsp3) is 0.929. The second-order valence-corrected chi connectivity index (χ2v) is 8.01. The molecule has 1 amide bonds. The molecule has 2 aliphatic rings. The van der Waals surface area contributed by atoms with Crippen LogP contribution in [-0.4, -0.2) is 57.7 Å². The molecule has 0 saturated carbocycles. The van der Waals surface area contributed by atoms with Gasteiger partial charge in [0.15, 0.2) is 0 Å². The first-order chi connectivity index (χ1) is 9.97. The summed E-state index contributed by atoms with van der Waals surface area (Å²) < 4.78 is 24.8. The first-order valence-corrected chi connectivity index (χ1v) is 9.82. The van der Waals surface area contributed by atoms with Crippen molar-refractivity contribution in [2.24, 2.45) is 5.92 Å². The Bertz CT molecular complexity index is 452. The lowest BCUT2D eigenvalue weighted by Crippen LogP contribution is -2.50. The van der Waals surface area contributed by atoms with Gasteiger partial charge in [-0.2, -0.15) is 0 Å². The summed E-state index contributed by atoms with van der Waals surface area (Å²) in [7, 11) is -3.15. The number of likely N-dealkylation sites (tertiary alicyclic amines) is 1. The highest BCUT2D eigenvalue weighted by Crippen LogP contribution is 2.23. The number of piperidine rings is 2. The predicted octanol–water partition coefficient (Wildman–Crippen LogP) is 0.728. The molecule has 0 aromatic heterocycles. The molecule has 0 spiro atoms. The smallest absolute Gasteiger partial charge is 0.227 e. The van der Waals surface area contributed by atoms with Gasteiger partial charge in [0, 0.05) is 25.7 Å². The molecule has 22 heavy (non-hydrogen) atoms. The average molecular weight is 354 g/mol. The molecule has 2 fully saturated rings. The van der Waals surface area contributed by atoms with Gasteiger partial charge in [-0.1, -0.05) is 0 Å². The van der Waals surface area contributed by atoms with Crippen LogP contribution in [-0.2, 0) is 14.8 Å². The zero-order valence-corrected chi connectivity index (χ0v) is 14.8. The number of carbonyl (C=O) groups excluding carboxylic acids is 1. The molecule has 8 heteroatoms. The number of sulfonamides is 1. The molecule has 2 aliphatic heterocycles. The van der Waals surface area contributed by atoms with E-state index in [1.165, 1.54) is 6.26 Å². The van der Waals surface area contributed by atoms with Crippen LogP contribution >= 0.6 is 12.4 Å². The number of nitrogens with zero attached hydrogens (tertiary/aromatic N) is 1. The zero-order chi connectivity index (χ0) is 15.3. The van der Waals surface area contributed by atoms with E-state index < -0.39 is 10.0 Å². The summed E-state index contributed by atoms with van der Waals surface area (Å²) in [5, 5.41) is 3.29. The van der Waals surface area contributed by atoms with Gasteiger partial charge < -0.3 is 10.2 Å². The second-order valence-electron chi connectivity index (χ2n) is 6.18. The van der Waals surface area contributed by atoms with Gasteiger partial charge in [-0.3, -0.25) is 4.79 Å². The largest absolute Gasteiger partial charge is 0.339 e. The molecule has 0 aromatic rings. The first-order valence-electron chi connectivity index (χ1n) is 7.93. The summed E-state index contributed by atoms with van der Waals surface area (Å²) in [5.41, 5.74) is 0. The van der Waals surface area contributed by atoms with Gasteiger partial charge in [0.2, 0.25) is 15.9 Å². The summed E-state index contributed by atoms with van der Waals surface area (Å²) in [4.78, 5) is 14.7. The predicted molar refractivity (Wildman–Crippen MR) is 89.7 cm³/mol. The highest BCUT2D eigenvalue weighted by Gasteiger charge is 2.31. The molecule has 2 rings (SSSR count). The van der Waals surface area contributed by atoms with Crippen molar-refractivity contribution in [2.45, 2.75) is 44.6 Å². The third kappa shape index (κ3) is 6.02. The topological polar surface area (TPSA) is 78.5 Å². The molecule has 6 nitrogen and oxygen atoms in total. The molecule has 130 valence electrons. The highest BCUT2D eigenvalue weighted by atomic mass is 35.5. The lowest BCUT2D eigenvalue weighted by Gasteiger charge is -2.39. The van der Waals surface area contributed by atoms with E-state index in [1.54, 1.807) is 0 Å². The maximum Gasteiger partial charge on any atom is 0.227 e. The van der Waals surface area contributed by atoms with E-state index in [9.17, 15) is 13.2 Å². The molecular weight excluding hydrogens is 326 g/mol. The number of hydrogen-bond donors (Lipinski definition) is 2. The summed E-state index contributed by atoms with van der Waals surface area (Å²) in [6.45, 7) is 3.02. The van der Waals surface area contributed by atoms with Crippen molar-refractivity contribution < 1.29 is 13.2 Å². The fourth-order valence-corrected chi connectivity index (χ4v) is 3.79. The van der Waals surface area contributed by atoms with Crippen molar-refractivity contribution >= 4 is 28.3 Å². The van der Waals surface area contributed by atoms with Crippen molar-refractivity contribution in [3.63, 3.8) is 0 Å². The fourth-order valence-electron chi connectivity index (χ4n) is 3.30. The van der Waals surface area contributed by atoms with E-state index in [2.05, 4.69) is 10.0 Å². The molecule has 0 bridgehead atoms. The van der Waals surface area contributed by atoms with Gasteiger partial charge in [0.05, 0.1) is 12.2 Å². The maximum absolute atomic E-state index is 12.7. The van der Waals surface area contributed by atoms with Crippen LogP contribution in [0.3, 0.4) is 0 Å². The Balaban J connectivity index is 0.00000242. The summed E-state index contributed by atoms with van der Waals surface area (Å²) in [6, 6.07) is 0.183. The van der Waals surface area contributed by atoms with Crippen molar-refractivity contribution in [3.8, 4) is 0 Å². The summed E-state index contributed by atoms with van der Waals surface area (Å²) >= 11 is 0. The Morgan fingerprint density at radius 3 is 2.68 bits per heavy atom. The minimum atomic E-state index is -3.15. The third-order valence-electron chi connectivity index (χ3n) is 4.40. The van der Waals surface area contributed by atoms with Crippen LogP contribution in [0, 0.1) is 5.92 Å². The average Bonchev–Trinajstić information content (AvgIpc) is 2.47. The molecule has 2 N–H and O–H groups in total. The van der Waals surface area contributed by atoms with Gasteiger partial charge in [-0.15, -0.1) is 12.4 Å². The number of halogens is 1. The summed E-state index contributed by atoms with van der Waals surface area (Å²) in [6.07, 6.45) is 7.07. The molecule has 2 unspecified atom stereocenters. The zero-order valence-electron chi connectivity index (χ0n) is 13.2. The highest BCUT2D eigenvalue weighted by molar-refractivity contribution is 7.88. The second kappa shape index (κ2) is 9.05. The maximum atomic E-state index is 12.7. The number of rotatable bonds is 5. The molecule has 2 saturated heterocycles. The Morgan fingerprint density at radius 1 is 1.27 bits per heavy atom. The molecule has 2 heterocycles. The van der Waals surface area contributed by atoms with Crippen LogP contribution in [0.4, 0.5) is 0 Å². The molecular formula is C14H28ClN3O3S. The van der Waals surface area contributed by atoms with E-state index in [0.29, 0.717) is 13.0 Å². The van der Waals surface area contributed by atoms with Crippen LogP contribution in [0.25, 0.3) is 0 Å². The van der Waals surface area contributed by atoms with Crippen molar-refractivity contribution in [1.29, 1.82) is 0 Å². The normalized spacial score (nSPS) is 26.3. The van der Waals surface area contributed by atoms with Crippen LogP contribution < -0.4 is 10.0 Å². The van der Waals surface area contributed by atoms with Gasteiger partial charge in [0.25, 0.3) is 0 Å². The lowest BCUT2D eigenvalue weighted by molar-refractivity contribution is -0.140. The Kier molecular flexibility index (Phi) is 8.10. The van der Waals surface area contributed by atoms with Crippen molar-refractivity contribution in [2.75, 3.05) is 32.4 Å². The lowest BCUT2D eigenvalue weighted by atomic mass is 9.93. The van der Waals surface area contributed by atoms with Crippen LogP contribution in [0.5, 0.6) is 0 Å². The van der Waals surface area contributed by atoms with Gasteiger partial charge >= 0.3 is 0 Å². The molecule has 0 aromatic carbocycles. The van der Waals surface area contributed by atoms with Crippen LogP contribution in [0.15, 0.2) is 0 Å². The monoisotopic (exact) mass is 353 g/mol. The first kappa shape index (κ1) is 19.7. The van der Waals surface area contributed by atoms with E-state index in [0.717, 1.165) is 51.7 Å². The van der Waals surface area contributed by atoms with Crippen LogP contribution in [0.2, 0.25) is 0 Å². The van der Waals surface area contributed by atoms with Gasteiger partial charge in [-0.05, 0) is 45.1 Å². The molecule has 0 aliphatic carbocycles. The van der Waals surface area contributed by atoms with E-state index in [1.807, 2.05) is 4.90 Å². The Labute approximate surface area is 139 Å². The Morgan fingerprint density at radius 2 is 2.05 bits per heavy atom. The quantitative estimate of drug-likeness (QED) is 0.763. The van der Waals surface area contributed by atoms with Crippen molar-refractivity contribution in [3.05, 3.63) is 0 Å². The number of hydrogen-bond acceptors (Lipinski definition) is 4. The Hall–Kier alpha value is -0.370. The minimum Gasteiger partial charge on any atom is -0.339 e. The molecule has 0 radical (unpaired) electrons. The third-order valence-corrected chi connectivity index (χ3v) is 5.13. The van der Waals surface area contributed by atoms with E-state index in [4.69, 9.17) is 0 Å². The number of nitrogens with one attached hydrogen (secondary N) is 2. The number of carbonyl (C=O) groups is 1. The molecule has 2 atom stereocenters. The standard InChI is InChI=1S/C14H27N3O3S.ClH/c1-21(19,20)16-9-7-13-6-2-3-10-17(13)14(18)12-5-4-8-15-11-12;/h12-13,15-16H,2-11H2,1H3;1H. The van der Waals surface area contributed by atoms with Gasteiger partial charge in [-0.25, -0.2) is 13.1 Å². The minimum absolute atomic E-state index is 0. The SMILES string of the molecule is CS(=O)(=O)NCCC1CCCCN1C(=O)C1CCCNC1.Cl. The van der Waals surface area contributed by atoms with Gasteiger partial charge in [0.1, 0.15) is 0 Å². The van der Waals surface area contributed by atoms with Crippen molar-refractivity contribution in [1.82, 2.24) is 14.9 Å². The van der Waals surface area contributed by atoms with E-state index in [-0.39, 0.29) is 30.3 Å².